The molecule has 150 valence electrons. The van der Waals surface area contributed by atoms with E-state index in [9.17, 15) is 9.59 Å². The second-order valence-corrected chi connectivity index (χ2v) is 7.76. The fraction of sp³-hybridized carbons (Fsp3) is 0.0455. The van der Waals surface area contributed by atoms with Gasteiger partial charge in [-0.15, -0.1) is 0 Å². The van der Waals surface area contributed by atoms with Gasteiger partial charge in [-0.05, 0) is 59.0 Å². The number of amides is 1. The Morgan fingerprint density at radius 2 is 1.97 bits per heavy atom. The van der Waals surface area contributed by atoms with Crippen LogP contribution < -0.4 is 5.43 Å². The first-order valence-electron chi connectivity index (χ1n) is 9.00. The summed E-state index contributed by atoms with van der Waals surface area (Å²) in [4.78, 5) is 23.3. The van der Waals surface area contributed by atoms with Crippen LogP contribution in [0.15, 0.2) is 76.4 Å². The fourth-order valence-electron chi connectivity index (χ4n) is 3.11. The van der Waals surface area contributed by atoms with Crippen LogP contribution in [0, 0.1) is 3.57 Å². The van der Waals surface area contributed by atoms with Gasteiger partial charge in [0.2, 0.25) is 5.76 Å². The quantitative estimate of drug-likeness (QED) is 0.228. The van der Waals surface area contributed by atoms with Gasteiger partial charge >= 0.3 is 5.97 Å². The molecule has 0 bridgehead atoms. The third-order valence-corrected chi connectivity index (χ3v) is 5.15. The van der Waals surface area contributed by atoms with Gasteiger partial charge in [0.15, 0.2) is 0 Å². The minimum Gasteiger partial charge on any atom is -0.475 e. The summed E-state index contributed by atoms with van der Waals surface area (Å²) in [6, 6.07) is 18.1. The van der Waals surface area contributed by atoms with Crippen molar-refractivity contribution in [2.75, 3.05) is 0 Å². The number of hydrazone groups is 1. The molecule has 0 unspecified atom stereocenters. The van der Waals surface area contributed by atoms with Gasteiger partial charge in [0.25, 0.3) is 5.91 Å². The average Bonchev–Trinajstić information content (AvgIpc) is 3.34. The number of hydrogen-bond acceptors (Lipinski definition) is 4. The van der Waals surface area contributed by atoms with E-state index in [-0.39, 0.29) is 11.7 Å². The van der Waals surface area contributed by atoms with E-state index in [1.54, 1.807) is 24.4 Å². The van der Waals surface area contributed by atoms with Crippen molar-refractivity contribution in [3.63, 3.8) is 0 Å². The minimum atomic E-state index is -1.10. The molecule has 0 saturated carbocycles. The number of para-hydroxylation sites is 1. The summed E-state index contributed by atoms with van der Waals surface area (Å²) < 4.78 is 8.28. The van der Waals surface area contributed by atoms with Gasteiger partial charge in [-0.25, -0.2) is 10.2 Å². The molecular formula is C22H16IN3O4. The summed E-state index contributed by atoms with van der Waals surface area (Å²) in [6.07, 6.45) is 3.48. The van der Waals surface area contributed by atoms with Crippen LogP contribution in [0.2, 0.25) is 0 Å². The van der Waals surface area contributed by atoms with Gasteiger partial charge in [0.1, 0.15) is 5.76 Å². The highest BCUT2D eigenvalue weighted by atomic mass is 127. The third-order valence-electron chi connectivity index (χ3n) is 4.47. The lowest BCUT2D eigenvalue weighted by Crippen LogP contribution is -2.17. The molecule has 4 rings (SSSR count). The third kappa shape index (κ3) is 4.28. The molecule has 2 aromatic heterocycles. The van der Waals surface area contributed by atoms with Crippen molar-refractivity contribution in [2.45, 2.75) is 6.54 Å². The number of halogens is 1. The molecule has 2 aromatic carbocycles. The van der Waals surface area contributed by atoms with E-state index in [0.717, 1.165) is 20.0 Å². The highest BCUT2D eigenvalue weighted by molar-refractivity contribution is 14.1. The average molecular weight is 513 g/mol. The van der Waals surface area contributed by atoms with E-state index in [1.165, 1.54) is 6.07 Å². The normalized spacial score (nSPS) is 11.2. The molecule has 0 aliphatic rings. The van der Waals surface area contributed by atoms with Crippen LogP contribution in [0.3, 0.4) is 0 Å². The van der Waals surface area contributed by atoms with Crippen molar-refractivity contribution in [3.8, 4) is 0 Å². The molecule has 30 heavy (non-hydrogen) atoms. The van der Waals surface area contributed by atoms with Gasteiger partial charge in [0.05, 0.1) is 12.8 Å². The molecule has 0 spiro atoms. The topological polar surface area (TPSA) is 96.8 Å². The number of aromatic carboxylic acids is 1. The van der Waals surface area contributed by atoms with Gasteiger partial charge in [-0.1, -0.05) is 24.3 Å². The number of nitrogens with one attached hydrogen (secondary N) is 1. The van der Waals surface area contributed by atoms with Gasteiger partial charge < -0.3 is 14.1 Å². The Bertz CT molecular complexity index is 1270. The Kier molecular flexibility index (Phi) is 5.66. The number of benzene rings is 2. The Hall–Kier alpha value is -3.40. The number of fused-ring (bicyclic) bond motifs is 1. The van der Waals surface area contributed by atoms with Crippen LogP contribution in [0.1, 0.15) is 32.2 Å². The number of furan rings is 1. The maximum atomic E-state index is 12.3. The molecule has 0 aliphatic carbocycles. The molecular weight excluding hydrogens is 497 g/mol. The molecule has 0 radical (unpaired) electrons. The van der Waals surface area contributed by atoms with Crippen molar-refractivity contribution in [1.82, 2.24) is 9.99 Å². The smallest absolute Gasteiger partial charge is 0.371 e. The summed E-state index contributed by atoms with van der Waals surface area (Å²) in [7, 11) is 0. The second-order valence-electron chi connectivity index (χ2n) is 6.51. The van der Waals surface area contributed by atoms with E-state index >= 15 is 0 Å². The molecule has 0 aliphatic heterocycles. The first kappa shape index (κ1) is 19.9. The first-order valence-corrected chi connectivity index (χ1v) is 10.1. The van der Waals surface area contributed by atoms with Crippen molar-refractivity contribution < 1.29 is 19.1 Å². The van der Waals surface area contributed by atoms with E-state index < -0.39 is 5.97 Å². The zero-order chi connectivity index (χ0) is 21.1. The lowest BCUT2D eigenvalue weighted by Gasteiger charge is -2.02. The van der Waals surface area contributed by atoms with Crippen LogP contribution in [0.25, 0.3) is 10.9 Å². The van der Waals surface area contributed by atoms with Crippen LogP contribution in [-0.4, -0.2) is 27.8 Å². The maximum absolute atomic E-state index is 12.3. The van der Waals surface area contributed by atoms with E-state index in [4.69, 9.17) is 9.52 Å². The van der Waals surface area contributed by atoms with Gasteiger partial charge in [-0.2, -0.15) is 5.10 Å². The van der Waals surface area contributed by atoms with E-state index in [1.807, 2.05) is 47.2 Å². The fourth-order valence-corrected chi connectivity index (χ4v) is 3.65. The zero-order valence-corrected chi connectivity index (χ0v) is 17.7. The number of rotatable bonds is 6. The number of carboxylic acid groups (broad SMARTS) is 1. The SMILES string of the molecule is O=C(N/N=C\c1cn(Cc2ccc(C(=O)O)o2)c2ccccc12)c1cccc(I)c1. The highest BCUT2D eigenvalue weighted by Crippen LogP contribution is 2.22. The van der Waals surface area contributed by atoms with Crippen LogP contribution in [0.4, 0.5) is 0 Å². The molecule has 0 saturated heterocycles. The van der Waals surface area contributed by atoms with Crippen molar-refractivity contribution in [3.05, 3.63) is 93.1 Å². The van der Waals surface area contributed by atoms with Crippen molar-refractivity contribution in [2.24, 2.45) is 5.10 Å². The van der Waals surface area contributed by atoms with E-state index in [0.29, 0.717) is 17.9 Å². The number of carboxylic acids is 1. The Morgan fingerprint density at radius 1 is 1.13 bits per heavy atom. The molecule has 4 aromatic rings. The highest BCUT2D eigenvalue weighted by Gasteiger charge is 2.12. The van der Waals surface area contributed by atoms with Crippen LogP contribution >= 0.6 is 22.6 Å². The maximum Gasteiger partial charge on any atom is 0.371 e. The van der Waals surface area contributed by atoms with Crippen molar-refractivity contribution >= 4 is 51.6 Å². The lowest BCUT2D eigenvalue weighted by atomic mass is 10.2. The molecule has 2 N–H and O–H groups in total. The first-order chi connectivity index (χ1) is 14.5. The molecule has 0 atom stereocenters. The monoisotopic (exact) mass is 513 g/mol. The number of carbonyl (C=O) groups is 2. The minimum absolute atomic E-state index is 0.0958. The van der Waals surface area contributed by atoms with E-state index in [2.05, 4.69) is 33.1 Å². The molecule has 1 amide bonds. The Labute approximate surface area is 185 Å². The lowest BCUT2D eigenvalue weighted by molar-refractivity contribution is 0.0660. The van der Waals surface area contributed by atoms with Gasteiger partial charge in [-0.3, -0.25) is 4.79 Å². The summed E-state index contributed by atoms with van der Waals surface area (Å²) in [5, 5.41) is 14.1. The summed E-state index contributed by atoms with van der Waals surface area (Å²) >= 11 is 2.15. The predicted octanol–water partition coefficient (Wildman–Crippen LogP) is 4.35. The zero-order valence-electron chi connectivity index (χ0n) is 15.6. The Balaban J connectivity index is 1.56. The number of aromatic nitrogens is 1. The summed E-state index contributed by atoms with van der Waals surface area (Å²) in [5.74, 6) is -0.953. The largest absolute Gasteiger partial charge is 0.475 e. The number of hydrogen-bond donors (Lipinski definition) is 2. The van der Waals surface area contributed by atoms with Crippen molar-refractivity contribution in [1.29, 1.82) is 0 Å². The number of nitrogens with zero attached hydrogens (tertiary/aromatic N) is 2. The van der Waals surface area contributed by atoms with Gasteiger partial charge in [0, 0.05) is 31.8 Å². The molecule has 8 heteroatoms. The summed E-state index contributed by atoms with van der Waals surface area (Å²) in [5.41, 5.74) is 4.84. The standard InChI is InChI=1S/C22H16IN3O4/c23-16-5-3-4-14(10-16)21(27)25-24-11-15-12-26(19-7-2-1-6-18(15)19)13-17-8-9-20(30-17)22(28)29/h1-12H,13H2,(H,25,27)(H,28,29)/b24-11-. The van der Waals surface area contributed by atoms with Crippen LogP contribution in [0.5, 0.6) is 0 Å². The Morgan fingerprint density at radius 3 is 2.73 bits per heavy atom. The molecule has 0 fully saturated rings. The molecule has 2 heterocycles. The van der Waals surface area contributed by atoms with Crippen LogP contribution in [-0.2, 0) is 6.54 Å². The second kappa shape index (κ2) is 8.54. The number of carbonyl (C=O) groups excluding carboxylic acids is 1. The summed E-state index contributed by atoms with van der Waals surface area (Å²) in [6.45, 7) is 0.371. The predicted molar refractivity (Wildman–Crippen MR) is 121 cm³/mol. The molecule has 7 nitrogen and oxygen atoms in total.